The lowest BCUT2D eigenvalue weighted by Crippen LogP contribution is -2.46. The molecule has 1 amide bonds. The standard InChI is InChI=1S/C12H19F3N2O2/c1-10(2,3)19-9(18)17-5-8-4-16-6-11(8,7-17)12(13,14)15/h8,16H,4-7H2,1-3H3/t8?,11-/m1/s1. The number of alkyl halides is 3. The van der Waals surface area contributed by atoms with Crippen LogP contribution in [0.25, 0.3) is 0 Å². The number of carbonyl (C=O) groups is 1. The molecule has 0 aromatic rings. The molecule has 0 aromatic heterocycles. The van der Waals surface area contributed by atoms with Gasteiger partial charge in [-0.05, 0) is 20.8 Å². The summed E-state index contributed by atoms with van der Waals surface area (Å²) in [5.74, 6) is -0.583. The van der Waals surface area contributed by atoms with E-state index in [9.17, 15) is 18.0 Å². The molecule has 0 bridgehead atoms. The molecule has 110 valence electrons. The molecule has 19 heavy (non-hydrogen) atoms. The predicted molar refractivity (Wildman–Crippen MR) is 62.7 cm³/mol. The second-order valence-corrected chi connectivity index (χ2v) is 6.34. The van der Waals surface area contributed by atoms with Gasteiger partial charge in [-0.25, -0.2) is 4.79 Å². The molecule has 1 N–H and O–H groups in total. The van der Waals surface area contributed by atoms with Gasteiger partial charge in [-0.2, -0.15) is 13.2 Å². The molecular weight excluding hydrogens is 261 g/mol. The summed E-state index contributed by atoms with van der Waals surface area (Å²) in [5, 5.41) is 2.78. The Kier molecular flexibility index (Phi) is 3.24. The van der Waals surface area contributed by atoms with Crippen LogP contribution >= 0.6 is 0 Å². The zero-order valence-electron chi connectivity index (χ0n) is 11.3. The molecule has 0 aromatic carbocycles. The first kappa shape index (κ1) is 14.4. The highest BCUT2D eigenvalue weighted by Crippen LogP contribution is 2.50. The molecule has 4 nitrogen and oxygen atoms in total. The van der Waals surface area contributed by atoms with E-state index in [0.29, 0.717) is 6.54 Å². The van der Waals surface area contributed by atoms with Crippen LogP contribution in [-0.4, -0.2) is 48.9 Å². The number of fused-ring (bicyclic) bond motifs is 1. The number of carbonyl (C=O) groups excluding carboxylic acids is 1. The van der Waals surface area contributed by atoms with Crippen LogP contribution < -0.4 is 5.32 Å². The van der Waals surface area contributed by atoms with Crippen molar-refractivity contribution in [1.29, 1.82) is 0 Å². The van der Waals surface area contributed by atoms with Crippen LogP contribution in [-0.2, 0) is 4.74 Å². The molecule has 7 heteroatoms. The van der Waals surface area contributed by atoms with Crippen molar-refractivity contribution in [3.63, 3.8) is 0 Å². The number of rotatable bonds is 0. The van der Waals surface area contributed by atoms with Gasteiger partial charge in [0.2, 0.25) is 0 Å². The Morgan fingerprint density at radius 2 is 2.00 bits per heavy atom. The number of halogens is 3. The summed E-state index contributed by atoms with van der Waals surface area (Å²) < 4.78 is 44.9. The van der Waals surface area contributed by atoms with Crippen LogP contribution in [0.1, 0.15) is 20.8 Å². The zero-order valence-corrected chi connectivity index (χ0v) is 11.3. The van der Waals surface area contributed by atoms with Gasteiger partial charge in [0.1, 0.15) is 11.0 Å². The monoisotopic (exact) mass is 280 g/mol. The second-order valence-electron chi connectivity index (χ2n) is 6.34. The number of ether oxygens (including phenoxy) is 1. The predicted octanol–water partition coefficient (Wildman–Crippen LogP) is 2.01. The van der Waals surface area contributed by atoms with E-state index in [4.69, 9.17) is 4.74 Å². The van der Waals surface area contributed by atoms with Gasteiger partial charge in [0, 0.05) is 32.1 Å². The van der Waals surface area contributed by atoms with Gasteiger partial charge >= 0.3 is 12.3 Å². The first-order chi connectivity index (χ1) is 8.55. The van der Waals surface area contributed by atoms with E-state index in [1.165, 1.54) is 4.90 Å². The number of nitrogens with one attached hydrogen (secondary N) is 1. The Hall–Kier alpha value is -0.980. The van der Waals surface area contributed by atoms with Crippen LogP contribution in [0.4, 0.5) is 18.0 Å². The molecule has 2 aliphatic heterocycles. The number of likely N-dealkylation sites (tertiary alicyclic amines) is 1. The molecule has 0 spiro atoms. The molecule has 0 saturated carbocycles. The first-order valence-corrected chi connectivity index (χ1v) is 6.30. The summed E-state index contributed by atoms with van der Waals surface area (Å²) in [5.41, 5.74) is -2.51. The SMILES string of the molecule is CC(C)(C)OC(=O)N1CC2CNC[C@@]2(C(F)(F)F)C1. The smallest absolute Gasteiger partial charge is 0.410 e. The third kappa shape index (κ3) is 2.52. The van der Waals surface area contributed by atoms with Gasteiger partial charge in [-0.15, -0.1) is 0 Å². The summed E-state index contributed by atoms with van der Waals surface area (Å²) in [6.45, 7) is 5.04. The van der Waals surface area contributed by atoms with Crippen molar-refractivity contribution in [2.75, 3.05) is 26.2 Å². The van der Waals surface area contributed by atoms with E-state index in [1.54, 1.807) is 20.8 Å². The van der Waals surface area contributed by atoms with Gasteiger partial charge in [0.25, 0.3) is 0 Å². The van der Waals surface area contributed by atoms with Crippen LogP contribution in [0.3, 0.4) is 0 Å². The van der Waals surface area contributed by atoms with Crippen molar-refractivity contribution in [1.82, 2.24) is 10.2 Å². The average Bonchev–Trinajstić information content (AvgIpc) is 2.68. The Bertz CT molecular complexity index is 378. The number of nitrogens with zero attached hydrogens (tertiary/aromatic N) is 1. The Balaban J connectivity index is 2.12. The molecule has 2 aliphatic rings. The molecule has 0 aliphatic carbocycles. The summed E-state index contributed by atoms with van der Waals surface area (Å²) in [4.78, 5) is 13.1. The summed E-state index contributed by atoms with van der Waals surface area (Å²) in [7, 11) is 0. The fraction of sp³-hybridized carbons (Fsp3) is 0.917. The fourth-order valence-corrected chi connectivity index (χ4v) is 2.79. The highest BCUT2D eigenvalue weighted by Gasteiger charge is 2.65. The maximum atomic E-state index is 13.3. The molecule has 1 unspecified atom stereocenters. The van der Waals surface area contributed by atoms with Crippen molar-refractivity contribution >= 4 is 6.09 Å². The maximum absolute atomic E-state index is 13.3. The van der Waals surface area contributed by atoms with E-state index >= 15 is 0 Å². The molecule has 2 fully saturated rings. The van der Waals surface area contributed by atoms with Crippen LogP contribution in [0.2, 0.25) is 0 Å². The van der Waals surface area contributed by atoms with Gasteiger partial charge in [0.15, 0.2) is 0 Å². The normalized spacial score (nSPS) is 31.5. The van der Waals surface area contributed by atoms with Gasteiger partial charge in [0.05, 0.1) is 0 Å². The maximum Gasteiger partial charge on any atom is 0.410 e. The quantitative estimate of drug-likeness (QED) is 0.738. The summed E-state index contributed by atoms with van der Waals surface area (Å²) in [6, 6.07) is 0. The van der Waals surface area contributed by atoms with Gasteiger partial charge in [-0.1, -0.05) is 0 Å². The van der Waals surface area contributed by atoms with Crippen molar-refractivity contribution in [3.05, 3.63) is 0 Å². The fourth-order valence-electron chi connectivity index (χ4n) is 2.79. The number of hydrogen-bond acceptors (Lipinski definition) is 3. The highest BCUT2D eigenvalue weighted by molar-refractivity contribution is 5.68. The minimum atomic E-state index is -4.31. The Morgan fingerprint density at radius 1 is 1.37 bits per heavy atom. The summed E-state index contributed by atoms with van der Waals surface area (Å²) >= 11 is 0. The van der Waals surface area contributed by atoms with Gasteiger partial charge < -0.3 is 15.0 Å². The third-order valence-electron chi connectivity index (χ3n) is 3.74. The van der Waals surface area contributed by atoms with Crippen LogP contribution in [0.5, 0.6) is 0 Å². The van der Waals surface area contributed by atoms with Crippen molar-refractivity contribution in [2.24, 2.45) is 11.3 Å². The lowest BCUT2D eigenvalue weighted by Gasteiger charge is -2.30. The Labute approximate surface area is 110 Å². The van der Waals surface area contributed by atoms with E-state index < -0.39 is 29.2 Å². The Morgan fingerprint density at radius 3 is 2.47 bits per heavy atom. The molecule has 0 radical (unpaired) electrons. The van der Waals surface area contributed by atoms with E-state index in [1.807, 2.05) is 0 Å². The summed E-state index contributed by atoms with van der Waals surface area (Å²) in [6.07, 6.45) is -4.97. The second kappa shape index (κ2) is 4.26. The number of amides is 1. The molecule has 2 atom stereocenters. The highest BCUT2D eigenvalue weighted by atomic mass is 19.4. The largest absolute Gasteiger partial charge is 0.444 e. The lowest BCUT2D eigenvalue weighted by atomic mass is 9.80. The molecular formula is C12H19F3N2O2. The molecule has 2 heterocycles. The topological polar surface area (TPSA) is 41.6 Å². The van der Waals surface area contributed by atoms with Gasteiger partial charge in [-0.3, -0.25) is 0 Å². The van der Waals surface area contributed by atoms with E-state index in [2.05, 4.69) is 5.32 Å². The van der Waals surface area contributed by atoms with Crippen molar-refractivity contribution in [2.45, 2.75) is 32.5 Å². The van der Waals surface area contributed by atoms with E-state index in [0.717, 1.165) is 0 Å². The molecule has 2 rings (SSSR count). The minimum Gasteiger partial charge on any atom is -0.444 e. The molecule has 2 saturated heterocycles. The average molecular weight is 280 g/mol. The minimum absolute atomic E-state index is 0.0986. The van der Waals surface area contributed by atoms with Crippen LogP contribution in [0.15, 0.2) is 0 Å². The first-order valence-electron chi connectivity index (χ1n) is 6.30. The number of hydrogen-bond donors (Lipinski definition) is 1. The lowest BCUT2D eigenvalue weighted by molar-refractivity contribution is -0.220. The van der Waals surface area contributed by atoms with E-state index in [-0.39, 0.29) is 19.6 Å². The van der Waals surface area contributed by atoms with Crippen molar-refractivity contribution in [3.8, 4) is 0 Å². The third-order valence-corrected chi connectivity index (χ3v) is 3.74. The van der Waals surface area contributed by atoms with Crippen molar-refractivity contribution < 1.29 is 22.7 Å². The zero-order chi connectivity index (χ0) is 14.5. The van der Waals surface area contributed by atoms with Crippen LogP contribution in [0, 0.1) is 11.3 Å².